The van der Waals surface area contributed by atoms with Gasteiger partial charge in [-0.25, -0.2) is 0 Å². The fourth-order valence-electron chi connectivity index (χ4n) is 1.56. The molecular weight excluding hydrogens is 188 g/mol. The molecule has 0 aromatic heterocycles. The maximum absolute atomic E-state index is 10.4. The average molecular weight is 206 g/mol. The summed E-state index contributed by atoms with van der Waals surface area (Å²) < 4.78 is 0. The van der Waals surface area contributed by atoms with Crippen LogP contribution in [0.15, 0.2) is 24.3 Å². The number of hydrogen-bond acceptors (Lipinski definition) is 2. The summed E-state index contributed by atoms with van der Waals surface area (Å²) >= 11 is 0. The smallest absolute Gasteiger partial charge is 0.150 e. The van der Waals surface area contributed by atoms with Gasteiger partial charge in [-0.3, -0.25) is 4.79 Å². The van der Waals surface area contributed by atoms with Crippen molar-refractivity contribution < 1.29 is 9.90 Å². The van der Waals surface area contributed by atoms with Gasteiger partial charge >= 0.3 is 0 Å². The number of aliphatic hydroxyl groups is 1. The zero-order valence-corrected chi connectivity index (χ0v) is 8.98. The first-order chi connectivity index (χ1) is 7.36. The summed E-state index contributed by atoms with van der Waals surface area (Å²) in [5.74, 6) is 0. The highest BCUT2D eigenvalue weighted by Gasteiger charge is 1.94. The number of unbranched alkanes of at least 4 members (excludes halogenated alkanes) is 3. The van der Waals surface area contributed by atoms with Crippen LogP contribution in [0.3, 0.4) is 0 Å². The van der Waals surface area contributed by atoms with Crippen LogP contribution >= 0.6 is 0 Å². The van der Waals surface area contributed by atoms with E-state index in [1.807, 2.05) is 24.3 Å². The predicted octanol–water partition coefficient (Wildman–Crippen LogP) is 2.59. The summed E-state index contributed by atoms with van der Waals surface area (Å²) in [6, 6.07) is 7.73. The topological polar surface area (TPSA) is 37.3 Å². The van der Waals surface area contributed by atoms with Crippen molar-refractivity contribution in [2.45, 2.75) is 32.1 Å². The van der Waals surface area contributed by atoms with Crippen molar-refractivity contribution in [3.05, 3.63) is 35.4 Å². The molecule has 0 amide bonds. The molecule has 1 aromatic carbocycles. The Bertz CT molecular complexity index is 277. The fraction of sp³-hybridized carbons (Fsp3) is 0.462. The fourth-order valence-corrected chi connectivity index (χ4v) is 1.56. The van der Waals surface area contributed by atoms with Gasteiger partial charge in [0.15, 0.2) is 0 Å². The normalized spacial score (nSPS) is 10.2. The van der Waals surface area contributed by atoms with Crippen molar-refractivity contribution in [1.82, 2.24) is 0 Å². The highest BCUT2D eigenvalue weighted by Crippen LogP contribution is 2.08. The Morgan fingerprint density at radius 2 is 1.67 bits per heavy atom. The van der Waals surface area contributed by atoms with Crippen LogP contribution in [0.4, 0.5) is 0 Å². The molecule has 0 aliphatic heterocycles. The Labute approximate surface area is 90.9 Å². The zero-order chi connectivity index (χ0) is 10.9. The molecule has 0 bridgehead atoms. The first-order valence-electron chi connectivity index (χ1n) is 5.52. The number of aliphatic hydroxyl groups excluding tert-OH is 1. The highest BCUT2D eigenvalue weighted by molar-refractivity contribution is 5.74. The van der Waals surface area contributed by atoms with Gasteiger partial charge in [0, 0.05) is 12.2 Å². The molecule has 0 saturated carbocycles. The molecule has 0 unspecified atom stereocenters. The van der Waals surface area contributed by atoms with Gasteiger partial charge in [0.25, 0.3) is 0 Å². The van der Waals surface area contributed by atoms with Crippen molar-refractivity contribution in [3.63, 3.8) is 0 Å². The lowest BCUT2D eigenvalue weighted by atomic mass is 10.0. The SMILES string of the molecule is O=Cc1ccc(CCCCCCO)cc1. The number of hydrogen-bond donors (Lipinski definition) is 1. The third-order valence-corrected chi connectivity index (χ3v) is 2.49. The van der Waals surface area contributed by atoms with E-state index in [4.69, 9.17) is 5.11 Å². The van der Waals surface area contributed by atoms with Crippen LogP contribution in [0.1, 0.15) is 41.6 Å². The minimum Gasteiger partial charge on any atom is -0.396 e. The Morgan fingerprint density at radius 3 is 2.27 bits per heavy atom. The molecule has 0 fully saturated rings. The number of benzene rings is 1. The van der Waals surface area contributed by atoms with Gasteiger partial charge in [-0.2, -0.15) is 0 Å². The van der Waals surface area contributed by atoms with Crippen LogP contribution in [-0.2, 0) is 6.42 Å². The van der Waals surface area contributed by atoms with Crippen LogP contribution in [0.2, 0.25) is 0 Å². The molecule has 1 aromatic rings. The summed E-state index contributed by atoms with van der Waals surface area (Å²) in [4.78, 5) is 10.4. The Morgan fingerprint density at radius 1 is 1.00 bits per heavy atom. The molecule has 0 spiro atoms. The van der Waals surface area contributed by atoms with Gasteiger partial charge in [-0.05, 0) is 24.8 Å². The minimum absolute atomic E-state index is 0.300. The molecule has 0 radical (unpaired) electrons. The van der Waals surface area contributed by atoms with Gasteiger partial charge in [0.05, 0.1) is 0 Å². The van der Waals surface area contributed by atoms with Gasteiger partial charge in [0.1, 0.15) is 6.29 Å². The minimum atomic E-state index is 0.300. The third-order valence-electron chi connectivity index (χ3n) is 2.49. The number of carbonyl (C=O) groups excluding carboxylic acids is 1. The van der Waals surface area contributed by atoms with Gasteiger partial charge in [-0.1, -0.05) is 37.1 Å². The van der Waals surface area contributed by atoms with Crippen molar-refractivity contribution >= 4 is 6.29 Å². The molecule has 1 N–H and O–H groups in total. The molecular formula is C13H18O2. The Balaban J connectivity index is 2.22. The van der Waals surface area contributed by atoms with Crippen LogP contribution in [-0.4, -0.2) is 18.0 Å². The van der Waals surface area contributed by atoms with Crippen molar-refractivity contribution in [3.8, 4) is 0 Å². The molecule has 82 valence electrons. The molecule has 0 saturated heterocycles. The first-order valence-corrected chi connectivity index (χ1v) is 5.52. The summed E-state index contributed by atoms with van der Waals surface area (Å²) in [7, 11) is 0. The highest BCUT2D eigenvalue weighted by atomic mass is 16.2. The van der Waals surface area contributed by atoms with Crippen LogP contribution in [0.25, 0.3) is 0 Å². The Kier molecular flexibility index (Phi) is 5.71. The van der Waals surface area contributed by atoms with Gasteiger partial charge < -0.3 is 5.11 Å². The second-order valence-corrected chi connectivity index (χ2v) is 3.75. The summed E-state index contributed by atoms with van der Waals surface area (Å²) in [5.41, 5.74) is 2.02. The van der Waals surface area contributed by atoms with E-state index in [-0.39, 0.29) is 0 Å². The van der Waals surface area contributed by atoms with E-state index in [9.17, 15) is 4.79 Å². The van der Waals surface area contributed by atoms with Crippen LogP contribution < -0.4 is 0 Å². The predicted molar refractivity (Wildman–Crippen MR) is 61.1 cm³/mol. The number of rotatable bonds is 7. The van der Waals surface area contributed by atoms with Gasteiger partial charge in [-0.15, -0.1) is 0 Å². The summed E-state index contributed by atoms with van der Waals surface area (Å²) in [6.45, 7) is 0.300. The molecule has 0 atom stereocenters. The molecule has 0 aliphatic carbocycles. The average Bonchev–Trinajstić information content (AvgIpc) is 2.30. The van der Waals surface area contributed by atoms with Crippen molar-refractivity contribution in [2.24, 2.45) is 0 Å². The van der Waals surface area contributed by atoms with E-state index in [2.05, 4.69) is 0 Å². The molecule has 2 nitrogen and oxygen atoms in total. The van der Waals surface area contributed by atoms with E-state index in [1.54, 1.807) is 0 Å². The van der Waals surface area contributed by atoms with E-state index in [1.165, 1.54) is 5.56 Å². The van der Waals surface area contributed by atoms with Crippen LogP contribution in [0.5, 0.6) is 0 Å². The second kappa shape index (κ2) is 7.18. The molecule has 1 rings (SSSR count). The second-order valence-electron chi connectivity index (χ2n) is 3.75. The Hall–Kier alpha value is -1.15. The largest absolute Gasteiger partial charge is 0.396 e. The standard InChI is InChI=1S/C13H18O2/c14-10-4-2-1-3-5-12-6-8-13(11-15)9-7-12/h6-9,11,14H,1-5,10H2. The lowest BCUT2D eigenvalue weighted by Gasteiger charge is -2.01. The summed E-state index contributed by atoms with van der Waals surface area (Å²) in [5, 5.41) is 8.61. The monoisotopic (exact) mass is 206 g/mol. The first kappa shape index (κ1) is 11.9. The maximum Gasteiger partial charge on any atom is 0.150 e. The van der Waals surface area contributed by atoms with E-state index >= 15 is 0 Å². The molecule has 0 heterocycles. The van der Waals surface area contributed by atoms with E-state index in [0.717, 1.165) is 44.0 Å². The van der Waals surface area contributed by atoms with Crippen molar-refractivity contribution in [1.29, 1.82) is 0 Å². The van der Waals surface area contributed by atoms with E-state index in [0.29, 0.717) is 6.61 Å². The zero-order valence-electron chi connectivity index (χ0n) is 8.98. The summed E-state index contributed by atoms with van der Waals surface area (Å²) in [6.07, 6.45) is 6.25. The number of aryl methyl sites for hydroxylation is 1. The van der Waals surface area contributed by atoms with Crippen molar-refractivity contribution in [2.75, 3.05) is 6.61 Å². The number of carbonyl (C=O) groups is 1. The lowest BCUT2D eigenvalue weighted by molar-refractivity contribution is 0.112. The quantitative estimate of drug-likeness (QED) is 0.550. The molecule has 15 heavy (non-hydrogen) atoms. The molecule has 2 heteroatoms. The third kappa shape index (κ3) is 4.75. The van der Waals surface area contributed by atoms with E-state index < -0.39 is 0 Å². The van der Waals surface area contributed by atoms with Gasteiger partial charge in [0.2, 0.25) is 0 Å². The van der Waals surface area contributed by atoms with Crippen LogP contribution in [0, 0.1) is 0 Å². The lowest BCUT2D eigenvalue weighted by Crippen LogP contribution is -1.88. The molecule has 0 aliphatic rings. The number of aldehydes is 1. The maximum atomic E-state index is 10.4.